The van der Waals surface area contributed by atoms with Crippen LogP contribution in [0.15, 0.2) is 24.3 Å². The van der Waals surface area contributed by atoms with Crippen molar-refractivity contribution in [3.8, 4) is 0 Å². The number of hydrogen-bond donors (Lipinski definition) is 1. The van der Waals surface area contributed by atoms with Crippen LogP contribution in [-0.2, 0) is 6.61 Å². The Morgan fingerprint density at radius 3 is 2.67 bits per heavy atom. The second-order valence-corrected chi connectivity index (χ2v) is 2.57. The summed E-state index contributed by atoms with van der Waals surface area (Å²) in [6, 6.07) is 7.73. The van der Waals surface area contributed by atoms with E-state index in [0.29, 0.717) is 0 Å². The van der Waals surface area contributed by atoms with Gasteiger partial charge < -0.3 is 5.11 Å². The van der Waals surface area contributed by atoms with Crippen LogP contribution in [0.1, 0.15) is 5.56 Å². The van der Waals surface area contributed by atoms with E-state index >= 15 is 0 Å². The number of benzene rings is 1. The monoisotopic (exact) mass is 140 g/mol. The first kappa shape index (κ1) is 6.73. The Labute approximate surface area is 56.9 Å². The highest BCUT2D eigenvalue weighted by Gasteiger charge is 1.86. The summed E-state index contributed by atoms with van der Waals surface area (Å²) in [5.74, 6) is 0. The molecule has 0 spiro atoms. The molecule has 2 heteroatoms. The van der Waals surface area contributed by atoms with Crippen molar-refractivity contribution < 1.29 is 5.11 Å². The van der Waals surface area contributed by atoms with E-state index in [2.05, 4.69) is 9.24 Å². The second-order valence-electron chi connectivity index (χ2n) is 1.90. The number of aliphatic hydroxyl groups is 1. The number of hydrogen-bond acceptors (Lipinski definition) is 1. The van der Waals surface area contributed by atoms with E-state index in [4.69, 9.17) is 5.11 Å². The van der Waals surface area contributed by atoms with Crippen molar-refractivity contribution in [1.82, 2.24) is 0 Å². The summed E-state index contributed by atoms with van der Waals surface area (Å²) in [6.45, 7) is 0.127. The molecule has 1 rings (SSSR count). The molecule has 9 heavy (non-hydrogen) atoms. The van der Waals surface area contributed by atoms with Gasteiger partial charge in [0.05, 0.1) is 6.61 Å². The van der Waals surface area contributed by atoms with Crippen molar-refractivity contribution in [1.29, 1.82) is 0 Å². The molecule has 0 saturated carbocycles. The minimum Gasteiger partial charge on any atom is -0.392 e. The molecule has 0 fully saturated rings. The Morgan fingerprint density at radius 2 is 2.22 bits per heavy atom. The van der Waals surface area contributed by atoms with Crippen molar-refractivity contribution >= 4 is 14.5 Å². The molecule has 0 radical (unpaired) electrons. The predicted molar refractivity (Wildman–Crippen MR) is 41.7 cm³/mol. The summed E-state index contributed by atoms with van der Waals surface area (Å²) >= 11 is 0. The standard InChI is InChI=1S/C7H9OP/c8-5-6-2-1-3-7(9)4-6/h1-4,8H,5,9H2. The van der Waals surface area contributed by atoms with Crippen LogP contribution in [0.2, 0.25) is 0 Å². The van der Waals surface area contributed by atoms with Crippen molar-refractivity contribution in [3.05, 3.63) is 29.8 Å². The van der Waals surface area contributed by atoms with Crippen molar-refractivity contribution in [3.63, 3.8) is 0 Å². The molecule has 1 nitrogen and oxygen atoms in total. The van der Waals surface area contributed by atoms with Crippen LogP contribution in [0.25, 0.3) is 0 Å². The Bertz CT molecular complexity index is 198. The lowest BCUT2D eigenvalue weighted by Crippen LogP contribution is -1.91. The molecule has 0 saturated heterocycles. The van der Waals surface area contributed by atoms with E-state index in [-0.39, 0.29) is 6.61 Å². The molecule has 0 aliphatic carbocycles. The van der Waals surface area contributed by atoms with Gasteiger partial charge in [0.1, 0.15) is 0 Å². The molecule has 48 valence electrons. The second kappa shape index (κ2) is 2.95. The highest BCUT2D eigenvalue weighted by Crippen LogP contribution is 1.97. The largest absolute Gasteiger partial charge is 0.392 e. The van der Waals surface area contributed by atoms with Gasteiger partial charge in [0.25, 0.3) is 0 Å². The van der Waals surface area contributed by atoms with Gasteiger partial charge in [0, 0.05) is 0 Å². The summed E-state index contributed by atoms with van der Waals surface area (Å²) in [5, 5.41) is 9.77. The van der Waals surface area contributed by atoms with Crippen molar-refractivity contribution in [2.45, 2.75) is 6.61 Å². The molecule has 0 aliphatic heterocycles. The topological polar surface area (TPSA) is 20.2 Å². The molecule has 0 amide bonds. The van der Waals surface area contributed by atoms with Crippen molar-refractivity contribution in [2.24, 2.45) is 0 Å². The van der Waals surface area contributed by atoms with Gasteiger partial charge in [-0.25, -0.2) is 0 Å². The maximum atomic E-state index is 8.65. The lowest BCUT2D eigenvalue weighted by Gasteiger charge is -1.94. The van der Waals surface area contributed by atoms with E-state index in [1.165, 1.54) is 0 Å². The van der Waals surface area contributed by atoms with Crippen LogP contribution >= 0.6 is 9.24 Å². The Hall–Kier alpha value is -0.390. The van der Waals surface area contributed by atoms with Crippen LogP contribution < -0.4 is 5.30 Å². The maximum Gasteiger partial charge on any atom is 0.0682 e. The fourth-order valence-corrected chi connectivity index (χ4v) is 1.02. The molecule has 1 aromatic rings. The third-order valence-corrected chi connectivity index (χ3v) is 1.49. The molecule has 1 aromatic carbocycles. The van der Waals surface area contributed by atoms with Gasteiger partial charge in [0.2, 0.25) is 0 Å². The fourth-order valence-electron chi connectivity index (χ4n) is 0.691. The van der Waals surface area contributed by atoms with Crippen LogP contribution in [0.4, 0.5) is 0 Å². The van der Waals surface area contributed by atoms with Crippen LogP contribution in [0, 0.1) is 0 Å². The lowest BCUT2D eigenvalue weighted by molar-refractivity contribution is 0.282. The third kappa shape index (κ3) is 1.78. The van der Waals surface area contributed by atoms with E-state index in [1.807, 2.05) is 24.3 Å². The van der Waals surface area contributed by atoms with Gasteiger partial charge in [0.15, 0.2) is 0 Å². The minimum atomic E-state index is 0.127. The van der Waals surface area contributed by atoms with E-state index in [1.54, 1.807) is 0 Å². The summed E-state index contributed by atoms with van der Waals surface area (Å²) in [4.78, 5) is 0. The van der Waals surface area contributed by atoms with Gasteiger partial charge in [-0.3, -0.25) is 0 Å². The highest BCUT2D eigenvalue weighted by atomic mass is 31.0. The number of rotatable bonds is 1. The van der Waals surface area contributed by atoms with Crippen LogP contribution in [0.5, 0.6) is 0 Å². The molecule has 0 aromatic heterocycles. The maximum absolute atomic E-state index is 8.65. The molecule has 0 aliphatic rings. The summed E-state index contributed by atoms with van der Waals surface area (Å²) in [5.41, 5.74) is 0.961. The van der Waals surface area contributed by atoms with Crippen LogP contribution in [0.3, 0.4) is 0 Å². The summed E-state index contributed by atoms with van der Waals surface area (Å²) in [6.07, 6.45) is 0. The third-order valence-electron chi connectivity index (χ3n) is 1.13. The van der Waals surface area contributed by atoms with Gasteiger partial charge in [-0.15, -0.1) is 9.24 Å². The van der Waals surface area contributed by atoms with Gasteiger partial charge in [-0.1, -0.05) is 18.2 Å². The fraction of sp³-hybridized carbons (Fsp3) is 0.143. The van der Waals surface area contributed by atoms with E-state index < -0.39 is 0 Å². The molecule has 1 unspecified atom stereocenters. The quantitative estimate of drug-likeness (QED) is 0.569. The normalized spacial score (nSPS) is 9.56. The van der Waals surface area contributed by atoms with Crippen molar-refractivity contribution in [2.75, 3.05) is 0 Å². The first-order chi connectivity index (χ1) is 4.33. The lowest BCUT2D eigenvalue weighted by atomic mass is 10.2. The van der Waals surface area contributed by atoms with Crippen LogP contribution in [-0.4, -0.2) is 5.11 Å². The van der Waals surface area contributed by atoms with Gasteiger partial charge in [-0.2, -0.15) is 0 Å². The summed E-state index contributed by atoms with van der Waals surface area (Å²) < 4.78 is 0. The molecule has 0 bridgehead atoms. The SMILES string of the molecule is OCc1cccc(P)c1. The zero-order chi connectivity index (χ0) is 6.69. The Morgan fingerprint density at radius 1 is 1.44 bits per heavy atom. The first-order valence-electron chi connectivity index (χ1n) is 2.78. The molecular formula is C7H9OP. The molecule has 0 heterocycles. The average molecular weight is 140 g/mol. The zero-order valence-electron chi connectivity index (χ0n) is 5.04. The summed E-state index contributed by atoms with van der Waals surface area (Å²) in [7, 11) is 2.58. The Kier molecular flexibility index (Phi) is 2.21. The smallest absolute Gasteiger partial charge is 0.0682 e. The predicted octanol–water partition coefficient (Wildman–Crippen LogP) is 0.679. The van der Waals surface area contributed by atoms with E-state index in [9.17, 15) is 0 Å². The van der Waals surface area contributed by atoms with Gasteiger partial charge >= 0.3 is 0 Å². The molecule has 1 N–H and O–H groups in total. The Balaban J connectivity index is 2.94. The number of aliphatic hydroxyl groups excluding tert-OH is 1. The average Bonchev–Trinajstić information content (AvgIpc) is 1.88. The molecular weight excluding hydrogens is 131 g/mol. The van der Waals surface area contributed by atoms with Gasteiger partial charge in [-0.05, 0) is 16.9 Å². The first-order valence-corrected chi connectivity index (χ1v) is 3.36. The molecule has 1 atom stereocenters. The van der Waals surface area contributed by atoms with E-state index in [0.717, 1.165) is 10.9 Å². The zero-order valence-corrected chi connectivity index (χ0v) is 6.20. The highest BCUT2D eigenvalue weighted by molar-refractivity contribution is 7.27. The minimum absolute atomic E-state index is 0.127.